The van der Waals surface area contributed by atoms with Crippen molar-refractivity contribution in [2.75, 3.05) is 31.6 Å². The number of thioether (sulfide) groups is 1. The van der Waals surface area contributed by atoms with E-state index in [1.165, 1.54) is 24.6 Å². The summed E-state index contributed by atoms with van der Waals surface area (Å²) in [6.07, 6.45) is 4.30. The molecule has 1 atom stereocenters. The predicted octanol–water partition coefficient (Wildman–Crippen LogP) is 5.84. The Morgan fingerprint density at radius 3 is 2.59 bits per heavy atom. The molecule has 1 aromatic heterocycles. The third kappa shape index (κ3) is 4.50. The van der Waals surface area contributed by atoms with Crippen molar-refractivity contribution in [2.24, 2.45) is 0 Å². The molecule has 2 aliphatic rings. The number of aromatic nitrogens is 1. The number of rotatable bonds is 6. The number of likely N-dealkylation sites (tertiary alicyclic amines) is 1. The van der Waals surface area contributed by atoms with E-state index in [4.69, 9.17) is 27.9 Å². The van der Waals surface area contributed by atoms with Gasteiger partial charge >= 0.3 is 0 Å². The Balaban J connectivity index is 1.31. The number of pyridine rings is 1. The van der Waals surface area contributed by atoms with Crippen molar-refractivity contribution in [3.05, 3.63) is 80.7 Å². The molecule has 3 aromatic rings. The van der Waals surface area contributed by atoms with Gasteiger partial charge in [-0.25, -0.2) is 0 Å². The fraction of sp³-hybridized carbons (Fsp3) is 0.292. The lowest BCUT2D eigenvalue weighted by Crippen LogP contribution is -2.25. The topological polar surface area (TPSA) is 46.5 Å². The van der Waals surface area contributed by atoms with Crippen molar-refractivity contribution in [1.82, 2.24) is 9.47 Å². The number of benzene rings is 2. The zero-order valence-electron chi connectivity index (χ0n) is 17.4. The van der Waals surface area contributed by atoms with Gasteiger partial charge in [0.1, 0.15) is 17.7 Å². The quantitative estimate of drug-likeness (QED) is 0.473. The third-order valence-electron chi connectivity index (χ3n) is 5.80. The number of nitrogens with one attached hydrogen (secondary N) is 1. The lowest BCUT2D eigenvalue weighted by Gasteiger charge is -2.16. The molecule has 3 heterocycles. The number of hydrogen-bond donors (Lipinski definition) is 1. The predicted molar refractivity (Wildman–Crippen MR) is 132 cm³/mol. The van der Waals surface area contributed by atoms with Crippen LogP contribution in [0.2, 0.25) is 10.0 Å². The number of halogens is 2. The van der Waals surface area contributed by atoms with E-state index in [-0.39, 0.29) is 10.9 Å². The maximum absolute atomic E-state index is 13.2. The molecule has 0 bridgehead atoms. The Kier molecular flexibility index (Phi) is 6.37. The monoisotopic (exact) mass is 487 g/mol. The first-order valence-electron chi connectivity index (χ1n) is 10.7. The van der Waals surface area contributed by atoms with Crippen molar-refractivity contribution in [2.45, 2.75) is 23.1 Å². The second-order valence-corrected chi connectivity index (χ2v) is 9.90. The zero-order chi connectivity index (χ0) is 22.1. The standard InChI is InChI=1S/C24H23Cl2N3O2S/c25-17-5-3-16(4-6-17)23-27-20-9-12-29(24(30)22(20)32-23)18-7-8-21(19(26)15-18)31-14-13-28-10-1-2-11-28/h3-9,12,15,23,27H,1-2,10-11,13-14H2. The Morgan fingerprint density at radius 1 is 1.06 bits per heavy atom. The number of fused-ring (bicyclic) bond motifs is 1. The summed E-state index contributed by atoms with van der Waals surface area (Å²) in [6.45, 7) is 3.79. The third-order valence-corrected chi connectivity index (χ3v) is 7.60. The summed E-state index contributed by atoms with van der Waals surface area (Å²) in [6, 6.07) is 15.1. The highest BCUT2D eigenvalue weighted by Gasteiger charge is 2.26. The molecule has 0 aliphatic carbocycles. The Labute approximate surface area is 201 Å². The van der Waals surface area contributed by atoms with Crippen molar-refractivity contribution < 1.29 is 4.74 Å². The molecular weight excluding hydrogens is 465 g/mol. The highest BCUT2D eigenvalue weighted by Crippen LogP contribution is 2.44. The molecule has 0 radical (unpaired) electrons. The van der Waals surface area contributed by atoms with Crippen molar-refractivity contribution in [1.29, 1.82) is 0 Å². The summed E-state index contributed by atoms with van der Waals surface area (Å²) in [7, 11) is 0. The van der Waals surface area contributed by atoms with Crippen LogP contribution < -0.4 is 15.6 Å². The van der Waals surface area contributed by atoms with Crippen molar-refractivity contribution in [3.8, 4) is 11.4 Å². The molecule has 1 fully saturated rings. The molecule has 2 aromatic carbocycles. The molecule has 0 spiro atoms. The number of ether oxygens (including phenoxy) is 1. The molecule has 0 saturated carbocycles. The first-order chi connectivity index (χ1) is 15.6. The van der Waals surface area contributed by atoms with Crippen molar-refractivity contribution in [3.63, 3.8) is 0 Å². The van der Waals surface area contributed by atoms with Crippen LogP contribution in [0.1, 0.15) is 23.8 Å². The molecule has 166 valence electrons. The molecule has 5 rings (SSSR count). The molecule has 1 saturated heterocycles. The first kappa shape index (κ1) is 21.7. The molecule has 1 N–H and O–H groups in total. The molecular formula is C24H23Cl2N3O2S. The maximum Gasteiger partial charge on any atom is 0.270 e. The number of nitrogens with zero attached hydrogens (tertiary/aromatic N) is 2. The maximum atomic E-state index is 13.2. The second-order valence-electron chi connectivity index (χ2n) is 7.94. The lowest BCUT2D eigenvalue weighted by molar-refractivity contribution is 0.238. The Morgan fingerprint density at radius 2 is 1.84 bits per heavy atom. The molecule has 0 amide bonds. The van der Waals surface area contributed by atoms with Gasteiger partial charge in [0, 0.05) is 17.8 Å². The zero-order valence-corrected chi connectivity index (χ0v) is 19.7. The van der Waals surface area contributed by atoms with Crippen LogP contribution in [-0.4, -0.2) is 35.7 Å². The highest BCUT2D eigenvalue weighted by molar-refractivity contribution is 8.00. The van der Waals surface area contributed by atoms with E-state index in [1.807, 2.05) is 42.5 Å². The Hall–Kier alpha value is -2.12. The van der Waals surface area contributed by atoms with Crippen LogP contribution in [0.15, 0.2) is 64.4 Å². The van der Waals surface area contributed by atoms with Crippen molar-refractivity contribution >= 4 is 40.7 Å². The van der Waals surface area contributed by atoms with Gasteiger partial charge in [-0.15, -0.1) is 0 Å². The highest BCUT2D eigenvalue weighted by atomic mass is 35.5. The van der Waals surface area contributed by atoms with Crippen LogP contribution in [0.5, 0.6) is 5.75 Å². The average Bonchev–Trinajstić information content (AvgIpc) is 3.46. The van der Waals surface area contributed by atoms with Gasteiger partial charge in [0.15, 0.2) is 0 Å². The van der Waals surface area contributed by atoms with E-state index in [0.29, 0.717) is 33.0 Å². The van der Waals surface area contributed by atoms with Gasteiger partial charge < -0.3 is 10.1 Å². The van der Waals surface area contributed by atoms with Gasteiger partial charge in [-0.05, 0) is 67.9 Å². The molecule has 1 unspecified atom stereocenters. The molecule has 32 heavy (non-hydrogen) atoms. The van der Waals surface area contributed by atoms with Gasteiger partial charge in [0.2, 0.25) is 0 Å². The largest absolute Gasteiger partial charge is 0.491 e. The second kappa shape index (κ2) is 9.40. The SMILES string of the molecule is O=c1c2c(ccn1-c1ccc(OCCN3CCCC3)c(Cl)c1)NC(c1ccc(Cl)cc1)S2. The summed E-state index contributed by atoms with van der Waals surface area (Å²) in [4.78, 5) is 16.3. The van der Waals surface area contributed by atoms with Gasteiger partial charge in [-0.1, -0.05) is 47.1 Å². The Bertz CT molecular complexity index is 1180. The van der Waals surface area contributed by atoms with Gasteiger partial charge in [-0.2, -0.15) is 0 Å². The van der Waals surface area contributed by atoms with E-state index in [9.17, 15) is 4.79 Å². The van der Waals surface area contributed by atoms with Crippen LogP contribution in [0.4, 0.5) is 5.69 Å². The number of hydrogen-bond acceptors (Lipinski definition) is 5. The minimum atomic E-state index is -0.0739. The van der Waals surface area contributed by atoms with E-state index >= 15 is 0 Å². The molecule has 5 nitrogen and oxygen atoms in total. The average molecular weight is 488 g/mol. The van der Waals surface area contributed by atoms with Gasteiger partial charge in [0.05, 0.1) is 21.3 Å². The van der Waals surface area contributed by atoms with E-state index < -0.39 is 0 Å². The van der Waals surface area contributed by atoms with Crippen LogP contribution in [0.3, 0.4) is 0 Å². The van der Waals surface area contributed by atoms with Gasteiger partial charge in [-0.3, -0.25) is 14.3 Å². The minimum absolute atomic E-state index is 0.0270. The summed E-state index contributed by atoms with van der Waals surface area (Å²) < 4.78 is 7.50. The van der Waals surface area contributed by atoms with Crippen LogP contribution >= 0.6 is 35.0 Å². The summed E-state index contributed by atoms with van der Waals surface area (Å²) in [5, 5.41) is 4.58. The molecule has 2 aliphatic heterocycles. The van der Waals surface area contributed by atoms with E-state index in [0.717, 1.165) is 30.9 Å². The molecule has 8 heteroatoms. The summed E-state index contributed by atoms with van der Waals surface area (Å²) >= 11 is 14.0. The first-order valence-corrected chi connectivity index (χ1v) is 12.3. The van der Waals surface area contributed by atoms with E-state index in [1.54, 1.807) is 16.8 Å². The summed E-state index contributed by atoms with van der Waals surface area (Å²) in [5.74, 6) is 0.641. The fourth-order valence-corrected chi connectivity index (χ4v) is 5.60. The number of anilines is 1. The van der Waals surface area contributed by atoms with E-state index in [2.05, 4.69) is 10.2 Å². The lowest BCUT2D eigenvalue weighted by atomic mass is 10.2. The van der Waals surface area contributed by atoms with Gasteiger partial charge in [0.25, 0.3) is 5.56 Å². The van der Waals surface area contributed by atoms with Crippen LogP contribution in [0.25, 0.3) is 5.69 Å². The van der Waals surface area contributed by atoms with Crippen LogP contribution in [0, 0.1) is 0 Å². The smallest absolute Gasteiger partial charge is 0.270 e. The minimum Gasteiger partial charge on any atom is -0.491 e. The summed E-state index contributed by atoms with van der Waals surface area (Å²) in [5.41, 5.74) is 2.55. The van der Waals surface area contributed by atoms with Crippen LogP contribution in [-0.2, 0) is 0 Å². The fourth-order valence-electron chi connectivity index (χ4n) is 4.07. The normalized spacial score (nSPS) is 17.9.